The van der Waals surface area contributed by atoms with Gasteiger partial charge in [0.2, 0.25) is 0 Å². The molecule has 164 valence electrons. The molecule has 0 aliphatic heterocycles. The van der Waals surface area contributed by atoms with Crippen LogP contribution >= 0.6 is 12.4 Å². The largest absolute Gasteiger partial charge is 0.345 e. The molecule has 1 amide bonds. The van der Waals surface area contributed by atoms with Crippen LogP contribution in [0.25, 0.3) is 21.9 Å². The van der Waals surface area contributed by atoms with Gasteiger partial charge in [0.25, 0.3) is 5.91 Å². The van der Waals surface area contributed by atoms with E-state index in [1.165, 1.54) is 10.8 Å². The minimum absolute atomic E-state index is 0. The van der Waals surface area contributed by atoms with Crippen LogP contribution < -0.4 is 5.32 Å². The van der Waals surface area contributed by atoms with E-state index < -0.39 is 0 Å². The SMILES string of the molecule is CN(C)CCC(NC(=O)c1ccc(-c2ccccc2)cc1)c1ccc2ccccc2c1.Cl. The number of carbonyl (C=O) groups is 1. The maximum Gasteiger partial charge on any atom is 0.251 e. The van der Waals surface area contributed by atoms with Gasteiger partial charge >= 0.3 is 0 Å². The number of rotatable bonds is 7. The average molecular weight is 445 g/mol. The van der Waals surface area contributed by atoms with E-state index in [9.17, 15) is 4.79 Å². The summed E-state index contributed by atoms with van der Waals surface area (Å²) < 4.78 is 0. The summed E-state index contributed by atoms with van der Waals surface area (Å²) in [7, 11) is 4.11. The van der Waals surface area contributed by atoms with Crippen LogP contribution in [0, 0.1) is 0 Å². The number of halogens is 1. The Morgan fingerprint density at radius 2 is 1.41 bits per heavy atom. The Hall–Kier alpha value is -3.14. The second kappa shape index (κ2) is 10.9. The van der Waals surface area contributed by atoms with Crippen molar-refractivity contribution in [2.24, 2.45) is 0 Å². The molecule has 1 unspecified atom stereocenters. The Morgan fingerprint density at radius 1 is 0.781 bits per heavy atom. The van der Waals surface area contributed by atoms with Gasteiger partial charge in [-0.3, -0.25) is 4.79 Å². The molecule has 0 fully saturated rings. The average Bonchev–Trinajstić information content (AvgIpc) is 2.82. The molecule has 0 aliphatic rings. The standard InChI is InChI=1S/C28H28N2O.ClH/c1-30(2)19-18-27(26-17-14-22-10-6-7-11-25(22)20-26)29-28(31)24-15-12-23(13-16-24)21-8-4-3-5-9-21;/h3-17,20,27H,18-19H2,1-2H3,(H,29,31);1H. The quantitative estimate of drug-likeness (QED) is 0.360. The van der Waals surface area contributed by atoms with Crippen LogP contribution in [0.5, 0.6) is 0 Å². The summed E-state index contributed by atoms with van der Waals surface area (Å²) in [6.07, 6.45) is 0.846. The van der Waals surface area contributed by atoms with Gasteiger partial charge in [0.15, 0.2) is 0 Å². The third kappa shape index (κ3) is 5.76. The Bertz CT molecular complexity index is 1160. The maximum absolute atomic E-state index is 13.1. The number of nitrogens with one attached hydrogen (secondary N) is 1. The summed E-state index contributed by atoms with van der Waals surface area (Å²) in [5, 5.41) is 5.66. The van der Waals surface area contributed by atoms with E-state index in [1.807, 2.05) is 54.6 Å². The Balaban J connectivity index is 0.00000289. The van der Waals surface area contributed by atoms with E-state index in [-0.39, 0.29) is 24.4 Å². The molecule has 0 aliphatic carbocycles. The van der Waals surface area contributed by atoms with Gasteiger partial charge in [-0.15, -0.1) is 12.4 Å². The predicted molar refractivity (Wildman–Crippen MR) is 136 cm³/mol. The lowest BCUT2D eigenvalue weighted by Gasteiger charge is -2.22. The zero-order chi connectivity index (χ0) is 21.6. The van der Waals surface area contributed by atoms with Gasteiger partial charge in [-0.2, -0.15) is 0 Å². The van der Waals surface area contributed by atoms with E-state index in [1.54, 1.807) is 0 Å². The fourth-order valence-electron chi connectivity index (χ4n) is 3.82. The van der Waals surface area contributed by atoms with Gasteiger partial charge in [-0.1, -0.05) is 78.9 Å². The van der Waals surface area contributed by atoms with Crippen molar-refractivity contribution in [2.45, 2.75) is 12.5 Å². The van der Waals surface area contributed by atoms with Crippen molar-refractivity contribution in [3.63, 3.8) is 0 Å². The predicted octanol–water partition coefficient (Wildman–Crippen LogP) is 6.35. The van der Waals surface area contributed by atoms with Crippen molar-refractivity contribution in [1.29, 1.82) is 0 Å². The molecule has 4 aromatic rings. The second-order valence-corrected chi connectivity index (χ2v) is 8.17. The van der Waals surface area contributed by atoms with Gasteiger partial charge in [-0.25, -0.2) is 0 Å². The molecule has 4 heteroatoms. The molecule has 4 rings (SSSR count). The fourth-order valence-corrected chi connectivity index (χ4v) is 3.82. The van der Waals surface area contributed by atoms with Crippen LogP contribution in [0.15, 0.2) is 97.1 Å². The number of carbonyl (C=O) groups excluding carboxylic acids is 1. The first-order valence-electron chi connectivity index (χ1n) is 10.7. The highest BCUT2D eigenvalue weighted by molar-refractivity contribution is 5.95. The lowest BCUT2D eigenvalue weighted by atomic mass is 9.98. The molecule has 0 saturated carbocycles. The highest BCUT2D eigenvalue weighted by Crippen LogP contribution is 2.24. The fraction of sp³-hybridized carbons (Fsp3) is 0.179. The summed E-state index contributed by atoms with van der Waals surface area (Å²) in [6.45, 7) is 0.894. The minimum Gasteiger partial charge on any atom is -0.345 e. The summed E-state index contributed by atoms with van der Waals surface area (Å²) in [5.74, 6) is -0.0449. The molecular formula is C28H29ClN2O. The van der Waals surface area contributed by atoms with E-state index in [2.05, 4.69) is 66.8 Å². The normalized spacial score (nSPS) is 11.7. The minimum atomic E-state index is -0.0479. The van der Waals surface area contributed by atoms with Gasteiger partial charge in [0, 0.05) is 5.56 Å². The Kier molecular flexibility index (Phi) is 8.04. The lowest BCUT2D eigenvalue weighted by Crippen LogP contribution is -2.31. The van der Waals surface area contributed by atoms with Crippen LogP contribution in [0.3, 0.4) is 0 Å². The molecule has 32 heavy (non-hydrogen) atoms. The van der Waals surface area contributed by atoms with Crippen LogP contribution in [-0.4, -0.2) is 31.4 Å². The number of amides is 1. The van der Waals surface area contributed by atoms with E-state index >= 15 is 0 Å². The van der Waals surface area contributed by atoms with E-state index in [0.717, 1.165) is 29.7 Å². The zero-order valence-electron chi connectivity index (χ0n) is 18.5. The summed E-state index contributed by atoms with van der Waals surface area (Å²) in [5.41, 5.74) is 4.07. The summed E-state index contributed by atoms with van der Waals surface area (Å²) >= 11 is 0. The topological polar surface area (TPSA) is 32.3 Å². The Labute approximate surface area is 196 Å². The van der Waals surface area contributed by atoms with Crippen LogP contribution in [0.4, 0.5) is 0 Å². The summed E-state index contributed by atoms with van der Waals surface area (Å²) in [6, 6.07) is 32.8. The summed E-state index contributed by atoms with van der Waals surface area (Å²) in [4.78, 5) is 15.2. The maximum atomic E-state index is 13.1. The first-order valence-corrected chi connectivity index (χ1v) is 10.7. The van der Waals surface area contributed by atoms with Crippen molar-refractivity contribution < 1.29 is 4.79 Å². The molecule has 1 N–H and O–H groups in total. The van der Waals surface area contributed by atoms with Crippen molar-refractivity contribution in [1.82, 2.24) is 10.2 Å². The van der Waals surface area contributed by atoms with E-state index in [0.29, 0.717) is 5.56 Å². The number of benzene rings is 4. The molecule has 0 spiro atoms. The Morgan fingerprint density at radius 3 is 2.09 bits per heavy atom. The van der Waals surface area contributed by atoms with Gasteiger partial charge < -0.3 is 10.2 Å². The molecule has 1 atom stereocenters. The molecular weight excluding hydrogens is 416 g/mol. The van der Waals surface area contributed by atoms with Gasteiger partial charge in [0.05, 0.1) is 6.04 Å². The third-order valence-corrected chi connectivity index (χ3v) is 5.60. The highest BCUT2D eigenvalue weighted by Gasteiger charge is 2.17. The molecule has 0 heterocycles. The molecule has 0 radical (unpaired) electrons. The number of nitrogens with zero attached hydrogens (tertiary/aromatic N) is 1. The van der Waals surface area contributed by atoms with E-state index in [4.69, 9.17) is 0 Å². The first kappa shape index (κ1) is 23.5. The van der Waals surface area contributed by atoms with Crippen molar-refractivity contribution >= 4 is 29.1 Å². The first-order chi connectivity index (χ1) is 15.1. The van der Waals surface area contributed by atoms with Gasteiger partial charge in [0.1, 0.15) is 0 Å². The third-order valence-electron chi connectivity index (χ3n) is 5.60. The molecule has 0 aromatic heterocycles. The monoisotopic (exact) mass is 444 g/mol. The molecule has 3 nitrogen and oxygen atoms in total. The van der Waals surface area contributed by atoms with Gasteiger partial charge in [-0.05, 0) is 72.7 Å². The zero-order valence-corrected chi connectivity index (χ0v) is 19.3. The van der Waals surface area contributed by atoms with Crippen molar-refractivity contribution in [3.8, 4) is 11.1 Å². The van der Waals surface area contributed by atoms with Crippen molar-refractivity contribution in [3.05, 3.63) is 108 Å². The number of fused-ring (bicyclic) bond motifs is 1. The highest BCUT2D eigenvalue weighted by atomic mass is 35.5. The van der Waals surface area contributed by atoms with Crippen LogP contribution in [-0.2, 0) is 0 Å². The molecule has 0 saturated heterocycles. The molecule has 4 aromatic carbocycles. The lowest BCUT2D eigenvalue weighted by molar-refractivity contribution is 0.0933. The van der Waals surface area contributed by atoms with Crippen molar-refractivity contribution in [2.75, 3.05) is 20.6 Å². The van der Waals surface area contributed by atoms with Crippen LogP contribution in [0.1, 0.15) is 28.4 Å². The van der Waals surface area contributed by atoms with Crippen LogP contribution in [0.2, 0.25) is 0 Å². The molecule has 0 bridgehead atoms. The smallest absolute Gasteiger partial charge is 0.251 e. The number of hydrogen-bond donors (Lipinski definition) is 1. The number of hydrogen-bond acceptors (Lipinski definition) is 2. The second-order valence-electron chi connectivity index (χ2n) is 8.17.